The Bertz CT molecular complexity index is 1190. The number of hydrogen-bond donors (Lipinski definition) is 2. The standard InChI is InChI=1S/C17H17N3O4S/c1-10-4-5-11(2)15(8-10)20(3)25(23,24)12-6-7-14-13(9-12)16(21)19-17(22)18-14/h4-9H,1-3H3,(H2,18,19,21,22). The van der Waals surface area contributed by atoms with Gasteiger partial charge in [-0.15, -0.1) is 0 Å². The summed E-state index contributed by atoms with van der Waals surface area (Å²) in [7, 11) is -2.39. The Kier molecular flexibility index (Phi) is 4.00. The lowest BCUT2D eigenvalue weighted by Crippen LogP contribution is -2.28. The molecule has 0 unspecified atom stereocenters. The van der Waals surface area contributed by atoms with Crippen LogP contribution in [-0.2, 0) is 10.0 Å². The van der Waals surface area contributed by atoms with E-state index in [1.165, 1.54) is 29.6 Å². The second-order valence-corrected chi connectivity index (χ2v) is 7.85. The smallest absolute Gasteiger partial charge is 0.307 e. The van der Waals surface area contributed by atoms with Crippen LogP contribution in [0.1, 0.15) is 11.1 Å². The Hall–Kier alpha value is -2.87. The van der Waals surface area contributed by atoms with Crippen molar-refractivity contribution >= 4 is 26.6 Å². The maximum atomic E-state index is 13.0. The highest BCUT2D eigenvalue weighted by Crippen LogP contribution is 2.27. The summed E-state index contributed by atoms with van der Waals surface area (Å²) in [5, 5.41) is 0.107. The van der Waals surface area contributed by atoms with Gasteiger partial charge in [0, 0.05) is 7.05 Å². The summed E-state index contributed by atoms with van der Waals surface area (Å²) in [6.45, 7) is 3.71. The van der Waals surface area contributed by atoms with Crippen LogP contribution in [0.2, 0.25) is 0 Å². The number of fused-ring (bicyclic) bond motifs is 1. The molecule has 0 spiro atoms. The molecule has 2 N–H and O–H groups in total. The molecule has 0 aliphatic heterocycles. The summed E-state index contributed by atoms with van der Waals surface area (Å²) < 4.78 is 27.1. The molecule has 7 nitrogen and oxygen atoms in total. The lowest BCUT2D eigenvalue weighted by Gasteiger charge is -2.22. The van der Waals surface area contributed by atoms with E-state index in [1.807, 2.05) is 26.0 Å². The Balaban J connectivity index is 2.17. The molecule has 25 heavy (non-hydrogen) atoms. The van der Waals surface area contributed by atoms with Crippen LogP contribution in [-0.4, -0.2) is 25.4 Å². The number of hydrogen-bond acceptors (Lipinski definition) is 4. The third-order valence-electron chi connectivity index (χ3n) is 4.07. The van der Waals surface area contributed by atoms with Gasteiger partial charge in [0.2, 0.25) is 0 Å². The fourth-order valence-electron chi connectivity index (χ4n) is 2.65. The molecule has 0 fully saturated rings. The fourth-order valence-corrected chi connectivity index (χ4v) is 3.93. The molecule has 0 radical (unpaired) electrons. The van der Waals surface area contributed by atoms with Gasteiger partial charge in [0.05, 0.1) is 21.5 Å². The van der Waals surface area contributed by atoms with Crippen molar-refractivity contribution in [2.24, 2.45) is 0 Å². The number of sulfonamides is 1. The van der Waals surface area contributed by atoms with Crippen LogP contribution in [0, 0.1) is 13.8 Å². The Morgan fingerprint density at radius 3 is 2.40 bits per heavy atom. The van der Waals surface area contributed by atoms with Crippen molar-refractivity contribution in [2.75, 3.05) is 11.4 Å². The molecule has 0 amide bonds. The Morgan fingerprint density at radius 2 is 1.68 bits per heavy atom. The quantitative estimate of drug-likeness (QED) is 0.742. The average Bonchev–Trinajstić information content (AvgIpc) is 2.55. The van der Waals surface area contributed by atoms with Crippen LogP contribution in [0.4, 0.5) is 5.69 Å². The van der Waals surface area contributed by atoms with Crippen LogP contribution in [0.25, 0.3) is 10.9 Å². The number of anilines is 1. The fraction of sp³-hybridized carbons (Fsp3) is 0.176. The highest BCUT2D eigenvalue weighted by molar-refractivity contribution is 7.92. The normalized spacial score (nSPS) is 11.6. The topological polar surface area (TPSA) is 103 Å². The highest BCUT2D eigenvalue weighted by Gasteiger charge is 2.23. The first-order chi connectivity index (χ1) is 11.7. The van der Waals surface area contributed by atoms with Gasteiger partial charge in [-0.05, 0) is 49.2 Å². The van der Waals surface area contributed by atoms with E-state index in [-0.39, 0.29) is 15.8 Å². The summed E-state index contributed by atoms with van der Waals surface area (Å²) in [5.41, 5.74) is 1.33. The van der Waals surface area contributed by atoms with E-state index in [1.54, 1.807) is 6.07 Å². The lowest BCUT2D eigenvalue weighted by atomic mass is 10.1. The molecule has 0 bridgehead atoms. The number of H-pyrrole nitrogens is 2. The van der Waals surface area contributed by atoms with Gasteiger partial charge in [0.15, 0.2) is 0 Å². The van der Waals surface area contributed by atoms with Gasteiger partial charge >= 0.3 is 5.69 Å². The number of aromatic amines is 2. The molecule has 0 aliphatic rings. The molecule has 0 aliphatic carbocycles. The van der Waals surface area contributed by atoms with Crippen molar-refractivity contribution in [3.63, 3.8) is 0 Å². The van der Waals surface area contributed by atoms with E-state index < -0.39 is 21.3 Å². The molecular formula is C17H17N3O4S. The zero-order chi connectivity index (χ0) is 18.4. The predicted octanol–water partition coefficient (Wildman–Crippen LogP) is 1.66. The first-order valence-corrected chi connectivity index (χ1v) is 8.97. The van der Waals surface area contributed by atoms with Crippen LogP contribution >= 0.6 is 0 Å². The van der Waals surface area contributed by atoms with E-state index in [0.29, 0.717) is 5.69 Å². The third kappa shape index (κ3) is 2.96. The van der Waals surface area contributed by atoms with E-state index in [4.69, 9.17) is 0 Å². The van der Waals surface area contributed by atoms with Crippen LogP contribution in [0.5, 0.6) is 0 Å². The van der Waals surface area contributed by atoms with Crippen LogP contribution < -0.4 is 15.6 Å². The second-order valence-electron chi connectivity index (χ2n) is 5.88. The maximum Gasteiger partial charge on any atom is 0.326 e. The van der Waals surface area contributed by atoms with Crippen molar-refractivity contribution in [1.29, 1.82) is 0 Å². The first kappa shape index (κ1) is 17.0. The van der Waals surface area contributed by atoms with Gasteiger partial charge in [-0.1, -0.05) is 12.1 Å². The first-order valence-electron chi connectivity index (χ1n) is 7.53. The summed E-state index contributed by atoms with van der Waals surface area (Å²) in [5.74, 6) is 0. The van der Waals surface area contributed by atoms with Gasteiger partial charge in [-0.3, -0.25) is 14.1 Å². The van der Waals surface area contributed by atoms with Crippen LogP contribution in [0.15, 0.2) is 50.9 Å². The van der Waals surface area contributed by atoms with Crippen molar-refractivity contribution < 1.29 is 8.42 Å². The SMILES string of the molecule is Cc1ccc(C)c(N(C)S(=O)(=O)c2ccc3[nH]c(=O)[nH]c(=O)c3c2)c1. The average molecular weight is 359 g/mol. The molecule has 1 aromatic heterocycles. The Morgan fingerprint density at radius 1 is 0.960 bits per heavy atom. The van der Waals surface area contributed by atoms with E-state index >= 15 is 0 Å². The summed E-state index contributed by atoms with van der Waals surface area (Å²) in [6, 6.07) is 9.60. The van der Waals surface area contributed by atoms with Crippen molar-refractivity contribution in [3.05, 3.63) is 68.4 Å². The molecule has 0 saturated carbocycles. The molecule has 2 aromatic carbocycles. The zero-order valence-corrected chi connectivity index (χ0v) is 14.8. The van der Waals surface area contributed by atoms with Gasteiger partial charge < -0.3 is 4.98 Å². The monoisotopic (exact) mass is 359 g/mol. The zero-order valence-electron chi connectivity index (χ0n) is 14.0. The summed E-state index contributed by atoms with van der Waals surface area (Å²) in [4.78, 5) is 27.8. The number of aromatic nitrogens is 2. The molecule has 8 heteroatoms. The number of rotatable bonds is 3. The highest BCUT2D eigenvalue weighted by atomic mass is 32.2. The predicted molar refractivity (Wildman–Crippen MR) is 96.7 cm³/mol. The number of benzene rings is 2. The van der Waals surface area contributed by atoms with Gasteiger partial charge in [0.25, 0.3) is 15.6 Å². The molecule has 3 aromatic rings. The number of aryl methyl sites for hydroxylation is 2. The second kappa shape index (κ2) is 5.89. The van der Waals surface area contributed by atoms with Gasteiger partial charge in [0.1, 0.15) is 0 Å². The third-order valence-corrected chi connectivity index (χ3v) is 5.84. The van der Waals surface area contributed by atoms with Crippen molar-refractivity contribution in [1.82, 2.24) is 9.97 Å². The van der Waals surface area contributed by atoms with E-state index in [0.717, 1.165) is 11.1 Å². The minimum absolute atomic E-state index is 0.0269. The summed E-state index contributed by atoms with van der Waals surface area (Å²) in [6.07, 6.45) is 0. The van der Waals surface area contributed by atoms with Gasteiger partial charge in [-0.2, -0.15) is 0 Å². The number of nitrogens with zero attached hydrogens (tertiary/aromatic N) is 1. The van der Waals surface area contributed by atoms with Crippen molar-refractivity contribution in [2.45, 2.75) is 18.7 Å². The minimum atomic E-state index is -3.86. The number of nitrogens with one attached hydrogen (secondary N) is 2. The van der Waals surface area contributed by atoms with Gasteiger partial charge in [-0.25, -0.2) is 13.2 Å². The summed E-state index contributed by atoms with van der Waals surface area (Å²) >= 11 is 0. The largest absolute Gasteiger partial charge is 0.326 e. The molecule has 130 valence electrons. The molecule has 1 heterocycles. The molecular weight excluding hydrogens is 342 g/mol. The van der Waals surface area contributed by atoms with E-state index in [2.05, 4.69) is 9.97 Å². The van der Waals surface area contributed by atoms with E-state index in [9.17, 15) is 18.0 Å². The molecule has 0 atom stereocenters. The maximum absolute atomic E-state index is 13.0. The lowest BCUT2D eigenvalue weighted by molar-refractivity contribution is 0.594. The van der Waals surface area contributed by atoms with Crippen molar-refractivity contribution in [3.8, 4) is 0 Å². The Labute approximate surface area is 144 Å². The van der Waals surface area contributed by atoms with Crippen LogP contribution in [0.3, 0.4) is 0 Å². The minimum Gasteiger partial charge on any atom is -0.307 e. The molecule has 3 rings (SSSR count). The molecule has 0 saturated heterocycles.